The minimum absolute atomic E-state index is 0.0151. The first-order valence-corrected chi connectivity index (χ1v) is 9.44. The molecule has 1 aromatic heterocycles. The monoisotopic (exact) mass is 382 g/mol. The van der Waals surface area contributed by atoms with Gasteiger partial charge in [-0.05, 0) is 77.9 Å². The first-order chi connectivity index (χ1) is 10.5. The molecule has 1 aromatic rings. The van der Waals surface area contributed by atoms with Crippen molar-refractivity contribution in [1.29, 1.82) is 0 Å². The third-order valence-electron chi connectivity index (χ3n) is 5.89. The van der Waals surface area contributed by atoms with Gasteiger partial charge < -0.3 is 11.1 Å². The summed E-state index contributed by atoms with van der Waals surface area (Å²) in [5.41, 5.74) is 5.41. The van der Waals surface area contributed by atoms with Crippen LogP contribution in [0.4, 0.5) is 0 Å². The number of carbonyl (C=O) groups excluding carboxylic acids is 2. The van der Waals surface area contributed by atoms with Crippen LogP contribution in [0.5, 0.6) is 0 Å². The first-order valence-electron chi connectivity index (χ1n) is 7.83. The fraction of sp³-hybridized carbons (Fsp3) is 0.625. The van der Waals surface area contributed by atoms with Crippen LogP contribution in [0.15, 0.2) is 15.9 Å². The predicted molar refractivity (Wildman–Crippen MR) is 88.5 cm³/mol. The average molecular weight is 383 g/mol. The van der Waals surface area contributed by atoms with Crippen LogP contribution in [0, 0.1) is 23.2 Å². The maximum Gasteiger partial charge on any atom is 0.261 e. The smallest absolute Gasteiger partial charge is 0.261 e. The molecule has 5 rings (SSSR count). The quantitative estimate of drug-likeness (QED) is 0.843. The third-order valence-corrected chi connectivity index (χ3v) is 7.51. The molecule has 0 saturated heterocycles. The number of primary amides is 1. The Hall–Kier alpha value is -0.880. The summed E-state index contributed by atoms with van der Waals surface area (Å²) in [6, 6.07) is 3.96. The summed E-state index contributed by atoms with van der Waals surface area (Å²) in [5.74, 6) is 1.33. The molecule has 0 aromatic carbocycles. The van der Waals surface area contributed by atoms with E-state index >= 15 is 0 Å². The minimum atomic E-state index is -0.288. The molecule has 4 nitrogen and oxygen atoms in total. The van der Waals surface area contributed by atoms with Crippen LogP contribution >= 0.6 is 27.3 Å². The van der Waals surface area contributed by atoms with Gasteiger partial charge in [0.05, 0.1) is 8.66 Å². The molecule has 0 aliphatic heterocycles. The van der Waals surface area contributed by atoms with Crippen molar-refractivity contribution >= 4 is 39.1 Å². The van der Waals surface area contributed by atoms with E-state index in [0.717, 1.165) is 40.8 Å². The van der Waals surface area contributed by atoms with Crippen LogP contribution in [0.3, 0.4) is 0 Å². The zero-order valence-electron chi connectivity index (χ0n) is 12.2. The highest BCUT2D eigenvalue weighted by Crippen LogP contribution is 2.59. The summed E-state index contributed by atoms with van der Waals surface area (Å²) in [4.78, 5) is 25.1. The average Bonchev–Trinajstić information content (AvgIpc) is 2.88. The van der Waals surface area contributed by atoms with Crippen molar-refractivity contribution in [1.82, 2.24) is 5.32 Å². The maximum absolute atomic E-state index is 12.5. The molecule has 6 heteroatoms. The number of nitrogens with two attached hydrogens (primary N) is 1. The van der Waals surface area contributed by atoms with Crippen LogP contribution in [-0.2, 0) is 4.79 Å². The molecule has 22 heavy (non-hydrogen) atoms. The van der Waals surface area contributed by atoms with Gasteiger partial charge in [-0.3, -0.25) is 9.59 Å². The van der Waals surface area contributed by atoms with E-state index in [-0.39, 0.29) is 23.3 Å². The normalized spacial score (nSPS) is 39.0. The minimum Gasteiger partial charge on any atom is -0.369 e. The number of nitrogens with one attached hydrogen (secondary N) is 1. The highest BCUT2D eigenvalue weighted by atomic mass is 79.9. The molecule has 2 amide bonds. The number of halogens is 1. The van der Waals surface area contributed by atoms with Gasteiger partial charge in [-0.15, -0.1) is 11.3 Å². The molecule has 4 fully saturated rings. The standard InChI is InChI=1S/C16H19BrN2O2S/c17-12-2-1-11(22-12)14(20)19-13-9-3-8-4-10(13)7-16(5-8,6-9)15(18)21/h1-2,8-10,13H,3-7H2,(H2,18,21)(H,19,20). The topological polar surface area (TPSA) is 72.2 Å². The number of hydrogen-bond donors (Lipinski definition) is 2. The summed E-state index contributed by atoms with van der Waals surface area (Å²) in [6.07, 6.45) is 4.94. The SMILES string of the molecule is NC(=O)C12CC3CC(C1)C(NC(=O)c1ccc(Br)s1)C(C3)C2. The highest BCUT2D eigenvalue weighted by molar-refractivity contribution is 9.11. The molecule has 1 heterocycles. The fourth-order valence-electron chi connectivity index (χ4n) is 5.22. The van der Waals surface area contributed by atoms with Crippen LogP contribution in [0.1, 0.15) is 41.8 Å². The number of hydrogen-bond acceptors (Lipinski definition) is 3. The van der Waals surface area contributed by atoms with Gasteiger partial charge in [-0.25, -0.2) is 0 Å². The van der Waals surface area contributed by atoms with Gasteiger partial charge >= 0.3 is 0 Å². The Morgan fingerprint density at radius 2 is 1.91 bits per heavy atom. The molecule has 4 saturated carbocycles. The molecule has 3 N–H and O–H groups in total. The van der Waals surface area contributed by atoms with Gasteiger partial charge in [0.1, 0.15) is 0 Å². The lowest BCUT2D eigenvalue weighted by atomic mass is 9.47. The molecular formula is C16H19BrN2O2S. The molecule has 4 aliphatic rings. The zero-order chi connectivity index (χ0) is 15.5. The van der Waals surface area contributed by atoms with E-state index in [1.54, 1.807) is 0 Å². The van der Waals surface area contributed by atoms with E-state index in [1.165, 1.54) is 11.3 Å². The van der Waals surface area contributed by atoms with Gasteiger partial charge in [0.15, 0.2) is 0 Å². The second-order valence-corrected chi connectivity index (χ2v) is 9.68. The van der Waals surface area contributed by atoms with Crippen molar-refractivity contribution in [2.45, 2.75) is 38.1 Å². The molecule has 4 aliphatic carbocycles. The Morgan fingerprint density at radius 3 is 2.45 bits per heavy atom. The Labute approximate surface area is 142 Å². The van der Waals surface area contributed by atoms with Crippen LogP contribution in [-0.4, -0.2) is 17.9 Å². The maximum atomic E-state index is 12.5. The van der Waals surface area contributed by atoms with Gasteiger partial charge in [-0.2, -0.15) is 0 Å². The van der Waals surface area contributed by atoms with E-state index in [1.807, 2.05) is 12.1 Å². The van der Waals surface area contributed by atoms with Crippen molar-refractivity contribution in [3.05, 3.63) is 20.8 Å². The first kappa shape index (κ1) is 14.7. The lowest BCUT2D eigenvalue weighted by Crippen LogP contribution is -2.62. The number of thiophene rings is 1. The van der Waals surface area contributed by atoms with Gasteiger partial charge in [0, 0.05) is 11.5 Å². The van der Waals surface area contributed by atoms with Crippen molar-refractivity contribution in [2.24, 2.45) is 28.9 Å². The van der Waals surface area contributed by atoms with Crippen LogP contribution in [0.25, 0.3) is 0 Å². The van der Waals surface area contributed by atoms with Gasteiger partial charge in [0.25, 0.3) is 5.91 Å². The summed E-state index contributed by atoms with van der Waals surface area (Å²) in [6.45, 7) is 0. The zero-order valence-corrected chi connectivity index (χ0v) is 14.6. The van der Waals surface area contributed by atoms with E-state index in [9.17, 15) is 9.59 Å². The predicted octanol–water partition coefficient (Wildman–Crippen LogP) is 2.92. The largest absolute Gasteiger partial charge is 0.369 e. The van der Waals surface area contributed by atoms with Crippen molar-refractivity contribution < 1.29 is 9.59 Å². The molecule has 2 atom stereocenters. The molecule has 0 spiro atoms. The fourth-order valence-corrected chi connectivity index (χ4v) is 6.51. The van der Waals surface area contributed by atoms with E-state index in [4.69, 9.17) is 5.73 Å². The molecule has 2 unspecified atom stereocenters. The van der Waals surface area contributed by atoms with E-state index in [0.29, 0.717) is 17.8 Å². The summed E-state index contributed by atoms with van der Waals surface area (Å²) >= 11 is 4.85. The Morgan fingerprint density at radius 1 is 1.23 bits per heavy atom. The van der Waals surface area contributed by atoms with Crippen molar-refractivity contribution in [3.8, 4) is 0 Å². The Bertz CT molecular complexity index is 628. The van der Waals surface area contributed by atoms with Crippen LogP contribution < -0.4 is 11.1 Å². The van der Waals surface area contributed by atoms with Crippen molar-refractivity contribution in [3.63, 3.8) is 0 Å². The Balaban J connectivity index is 1.53. The highest BCUT2D eigenvalue weighted by Gasteiger charge is 2.58. The molecule has 4 bridgehead atoms. The number of rotatable bonds is 3. The second kappa shape index (κ2) is 5.06. The van der Waals surface area contributed by atoms with Gasteiger partial charge in [-0.1, -0.05) is 0 Å². The lowest BCUT2D eigenvalue weighted by Gasteiger charge is -2.58. The van der Waals surface area contributed by atoms with Gasteiger partial charge in [0.2, 0.25) is 5.91 Å². The lowest BCUT2D eigenvalue weighted by molar-refractivity contribution is -0.145. The summed E-state index contributed by atoms with van der Waals surface area (Å²) in [5, 5.41) is 3.25. The molecule has 0 radical (unpaired) electrons. The van der Waals surface area contributed by atoms with E-state index in [2.05, 4.69) is 21.2 Å². The summed E-state index contributed by atoms with van der Waals surface area (Å²) < 4.78 is 0.968. The third kappa shape index (κ3) is 2.22. The Kier molecular flexibility index (Phi) is 3.38. The number of carbonyl (C=O) groups is 2. The van der Waals surface area contributed by atoms with Crippen LogP contribution in [0.2, 0.25) is 0 Å². The summed E-state index contributed by atoms with van der Waals surface area (Å²) in [7, 11) is 0. The van der Waals surface area contributed by atoms with Crippen molar-refractivity contribution in [2.75, 3.05) is 0 Å². The second-order valence-electron chi connectivity index (χ2n) is 7.22. The van der Waals surface area contributed by atoms with E-state index < -0.39 is 0 Å². The molecule has 118 valence electrons. The number of amides is 2. The molecular weight excluding hydrogens is 364 g/mol.